The van der Waals surface area contributed by atoms with Crippen molar-refractivity contribution in [3.05, 3.63) is 0 Å². The summed E-state index contributed by atoms with van der Waals surface area (Å²) in [6, 6.07) is 0.283. The normalized spacial score (nSPS) is 25.7. The van der Waals surface area contributed by atoms with Crippen LogP contribution in [0.4, 0.5) is 18.0 Å². The summed E-state index contributed by atoms with van der Waals surface area (Å²) < 4.78 is 40.1. The second-order valence-corrected chi connectivity index (χ2v) is 4.80. The molecule has 0 aromatic rings. The van der Waals surface area contributed by atoms with Gasteiger partial charge in [-0.2, -0.15) is 13.2 Å². The van der Waals surface area contributed by atoms with Gasteiger partial charge in [0.15, 0.2) is 6.61 Å². The maximum atomic E-state index is 11.9. The molecule has 104 valence electrons. The molecule has 1 amide bonds. The van der Waals surface area contributed by atoms with Crippen molar-refractivity contribution in [2.45, 2.75) is 31.5 Å². The van der Waals surface area contributed by atoms with E-state index in [2.05, 4.69) is 9.64 Å². The first-order valence-corrected chi connectivity index (χ1v) is 6.18. The van der Waals surface area contributed by atoms with E-state index in [0.717, 1.165) is 32.4 Å². The molecule has 0 bridgehead atoms. The number of piperidine rings is 1. The van der Waals surface area contributed by atoms with Crippen molar-refractivity contribution in [1.29, 1.82) is 0 Å². The Hall–Kier alpha value is -0.980. The molecule has 1 atom stereocenters. The fourth-order valence-electron chi connectivity index (χ4n) is 2.56. The third-order valence-corrected chi connectivity index (χ3v) is 3.45. The fraction of sp³-hybridized carbons (Fsp3) is 0.909. The van der Waals surface area contributed by atoms with Gasteiger partial charge in [0.2, 0.25) is 0 Å². The lowest BCUT2D eigenvalue weighted by Gasteiger charge is -2.43. The highest BCUT2D eigenvalue weighted by Crippen LogP contribution is 2.22. The minimum atomic E-state index is -4.46. The second-order valence-electron chi connectivity index (χ2n) is 4.80. The molecule has 1 unspecified atom stereocenters. The highest BCUT2D eigenvalue weighted by molar-refractivity contribution is 5.67. The van der Waals surface area contributed by atoms with Crippen molar-refractivity contribution < 1.29 is 22.7 Å². The number of alkyl halides is 3. The van der Waals surface area contributed by atoms with Crippen LogP contribution in [0.5, 0.6) is 0 Å². The summed E-state index contributed by atoms with van der Waals surface area (Å²) in [6.07, 6.45) is -2.02. The third-order valence-electron chi connectivity index (χ3n) is 3.45. The Morgan fingerprint density at radius 1 is 1.22 bits per heavy atom. The molecule has 2 rings (SSSR count). The van der Waals surface area contributed by atoms with Crippen LogP contribution in [-0.2, 0) is 4.74 Å². The molecule has 0 N–H and O–H groups in total. The highest BCUT2D eigenvalue weighted by atomic mass is 19.4. The lowest BCUT2D eigenvalue weighted by molar-refractivity contribution is -0.163. The van der Waals surface area contributed by atoms with Crippen LogP contribution < -0.4 is 0 Å². The van der Waals surface area contributed by atoms with E-state index in [1.165, 1.54) is 4.90 Å². The van der Waals surface area contributed by atoms with Gasteiger partial charge < -0.3 is 9.64 Å². The summed E-state index contributed by atoms with van der Waals surface area (Å²) >= 11 is 0. The number of fused-ring (bicyclic) bond motifs is 1. The van der Waals surface area contributed by atoms with Crippen molar-refractivity contribution in [2.24, 2.45) is 0 Å². The maximum absolute atomic E-state index is 11.9. The van der Waals surface area contributed by atoms with Gasteiger partial charge in [0, 0.05) is 25.7 Å². The lowest BCUT2D eigenvalue weighted by atomic mass is 10.00. The van der Waals surface area contributed by atoms with Crippen molar-refractivity contribution in [3.8, 4) is 0 Å². The van der Waals surface area contributed by atoms with Crippen molar-refractivity contribution in [3.63, 3.8) is 0 Å². The molecule has 0 radical (unpaired) electrons. The molecule has 2 aliphatic rings. The van der Waals surface area contributed by atoms with Crippen LogP contribution in [0, 0.1) is 0 Å². The van der Waals surface area contributed by atoms with Crippen LogP contribution in [0.3, 0.4) is 0 Å². The minimum absolute atomic E-state index is 0.283. The second kappa shape index (κ2) is 5.34. The van der Waals surface area contributed by atoms with E-state index >= 15 is 0 Å². The number of ether oxygens (including phenoxy) is 1. The first kappa shape index (κ1) is 13.5. The van der Waals surface area contributed by atoms with E-state index in [0.29, 0.717) is 13.1 Å². The summed E-state index contributed by atoms with van der Waals surface area (Å²) in [5, 5.41) is 0. The van der Waals surface area contributed by atoms with Crippen molar-refractivity contribution >= 4 is 6.09 Å². The predicted octanol–water partition coefficient (Wildman–Crippen LogP) is 1.86. The zero-order valence-electron chi connectivity index (χ0n) is 10.1. The molecule has 2 heterocycles. The van der Waals surface area contributed by atoms with E-state index in [9.17, 15) is 18.0 Å². The van der Waals surface area contributed by atoms with E-state index in [1.807, 2.05) is 0 Å². The monoisotopic (exact) mass is 266 g/mol. The Labute approximate surface area is 104 Å². The maximum Gasteiger partial charge on any atom is 0.422 e. The van der Waals surface area contributed by atoms with Crippen LogP contribution in [0.15, 0.2) is 0 Å². The third kappa shape index (κ3) is 3.51. The molecule has 7 heteroatoms. The molecule has 4 nitrogen and oxygen atoms in total. The molecule has 0 spiro atoms. The Bertz CT molecular complexity index is 309. The standard InChI is InChI=1S/C11H17F3N2O2/c12-11(13,14)8-18-10(17)16-6-5-15-4-2-1-3-9(15)7-16/h9H,1-8H2. The van der Waals surface area contributed by atoms with Gasteiger partial charge in [-0.3, -0.25) is 4.90 Å². The van der Waals surface area contributed by atoms with Gasteiger partial charge in [0.05, 0.1) is 0 Å². The van der Waals surface area contributed by atoms with Crippen LogP contribution in [0.2, 0.25) is 0 Å². The number of rotatable bonds is 1. The molecule has 0 aromatic heterocycles. The molecular weight excluding hydrogens is 249 g/mol. The van der Waals surface area contributed by atoms with Crippen molar-refractivity contribution in [2.75, 3.05) is 32.8 Å². The molecule has 2 aliphatic heterocycles. The van der Waals surface area contributed by atoms with Crippen LogP contribution >= 0.6 is 0 Å². The Morgan fingerprint density at radius 3 is 2.72 bits per heavy atom. The number of hydrogen-bond donors (Lipinski definition) is 0. The van der Waals surface area contributed by atoms with Crippen LogP contribution in [0.1, 0.15) is 19.3 Å². The number of amides is 1. The van der Waals surface area contributed by atoms with Gasteiger partial charge in [-0.05, 0) is 19.4 Å². The number of halogens is 3. The largest absolute Gasteiger partial charge is 0.440 e. The lowest BCUT2D eigenvalue weighted by Crippen LogP contribution is -2.56. The average Bonchev–Trinajstić information content (AvgIpc) is 2.34. The molecule has 0 aromatic carbocycles. The van der Waals surface area contributed by atoms with Gasteiger partial charge in [-0.25, -0.2) is 4.79 Å². The molecule has 0 saturated carbocycles. The van der Waals surface area contributed by atoms with E-state index in [-0.39, 0.29) is 6.04 Å². The number of carbonyl (C=O) groups excluding carboxylic acids is 1. The van der Waals surface area contributed by atoms with Gasteiger partial charge >= 0.3 is 12.3 Å². The van der Waals surface area contributed by atoms with Crippen LogP contribution in [-0.4, -0.2) is 60.9 Å². The first-order valence-electron chi connectivity index (χ1n) is 6.18. The number of nitrogens with zero attached hydrogens (tertiary/aromatic N) is 2. The Morgan fingerprint density at radius 2 is 2.00 bits per heavy atom. The first-order chi connectivity index (χ1) is 8.46. The van der Waals surface area contributed by atoms with Gasteiger partial charge in [-0.1, -0.05) is 6.42 Å². The zero-order chi connectivity index (χ0) is 13.2. The number of carbonyl (C=O) groups is 1. The SMILES string of the molecule is O=C(OCC(F)(F)F)N1CCN2CCCCC2C1. The molecule has 18 heavy (non-hydrogen) atoms. The molecule has 2 fully saturated rings. The van der Waals surface area contributed by atoms with E-state index in [4.69, 9.17) is 0 Å². The molecular formula is C11H17F3N2O2. The number of hydrogen-bond acceptors (Lipinski definition) is 3. The summed E-state index contributed by atoms with van der Waals surface area (Å²) in [6.45, 7) is 1.18. The van der Waals surface area contributed by atoms with Crippen molar-refractivity contribution in [1.82, 2.24) is 9.80 Å². The van der Waals surface area contributed by atoms with Crippen LogP contribution in [0.25, 0.3) is 0 Å². The summed E-state index contributed by atoms with van der Waals surface area (Å²) in [4.78, 5) is 15.2. The zero-order valence-corrected chi connectivity index (χ0v) is 10.1. The Balaban J connectivity index is 1.81. The van der Waals surface area contributed by atoms with Gasteiger partial charge in [0.1, 0.15) is 0 Å². The Kier molecular flexibility index (Phi) is 3.99. The summed E-state index contributed by atoms with van der Waals surface area (Å²) in [7, 11) is 0. The molecule has 2 saturated heterocycles. The van der Waals surface area contributed by atoms with Gasteiger partial charge in [0.25, 0.3) is 0 Å². The van der Waals surface area contributed by atoms with E-state index in [1.54, 1.807) is 0 Å². The summed E-state index contributed by atoms with van der Waals surface area (Å²) in [5.74, 6) is 0. The van der Waals surface area contributed by atoms with E-state index < -0.39 is 18.9 Å². The molecule has 0 aliphatic carbocycles. The predicted molar refractivity (Wildman–Crippen MR) is 58.2 cm³/mol. The highest BCUT2D eigenvalue weighted by Gasteiger charge is 2.34. The number of piperazine rings is 1. The average molecular weight is 266 g/mol. The quantitative estimate of drug-likeness (QED) is 0.726. The fourth-order valence-corrected chi connectivity index (χ4v) is 2.56. The smallest absolute Gasteiger partial charge is 0.422 e. The topological polar surface area (TPSA) is 32.8 Å². The summed E-state index contributed by atoms with van der Waals surface area (Å²) in [5.41, 5.74) is 0. The minimum Gasteiger partial charge on any atom is -0.440 e. The van der Waals surface area contributed by atoms with Gasteiger partial charge in [-0.15, -0.1) is 0 Å².